The molecule has 0 radical (unpaired) electrons. The summed E-state index contributed by atoms with van der Waals surface area (Å²) in [6.45, 7) is 7.56. The number of rotatable bonds is 4. The van der Waals surface area contributed by atoms with Crippen LogP contribution in [0.5, 0.6) is 0 Å². The fourth-order valence-corrected chi connectivity index (χ4v) is 4.62. The van der Waals surface area contributed by atoms with Gasteiger partial charge in [-0.05, 0) is 35.9 Å². The maximum absolute atomic E-state index is 11.5. The smallest absolute Gasteiger partial charge is 0.129 e. The van der Waals surface area contributed by atoms with E-state index in [0.29, 0.717) is 23.0 Å². The average molecular weight is 351 g/mol. The monoisotopic (exact) mass is 350 g/mol. The lowest BCUT2D eigenvalue weighted by molar-refractivity contribution is 0.345. The number of hydrogen-bond donors (Lipinski definition) is 0. The molecule has 3 atom stereocenters. The van der Waals surface area contributed by atoms with Gasteiger partial charge in [0.1, 0.15) is 5.15 Å². The predicted molar refractivity (Wildman–Crippen MR) is 100 cm³/mol. The van der Waals surface area contributed by atoms with Crippen molar-refractivity contribution in [1.29, 1.82) is 0 Å². The molecule has 3 rings (SSSR count). The highest BCUT2D eigenvalue weighted by Crippen LogP contribution is 2.39. The summed E-state index contributed by atoms with van der Waals surface area (Å²) in [6.07, 6.45) is 3.67. The molecule has 0 bridgehead atoms. The van der Waals surface area contributed by atoms with Gasteiger partial charge in [-0.2, -0.15) is 0 Å². The molecule has 124 valence electrons. The van der Waals surface area contributed by atoms with Gasteiger partial charge >= 0.3 is 0 Å². The lowest BCUT2D eigenvalue weighted by Crippen LogP contribution is -2.56. The van der Waals surface area contributed by atoms with Crippen molar-refractivity contribution in [3.8, 4) is 0 Å². The fraction of sp³-hybridized carbons (Fsp3) is 0.500. The second kappa shape index (κ2) is 6.40. The van der Waals surface area contributed by atoms with E-state index < -0.39 is 10.8 Å². The maximum Gasteiger partial charge on any atom is 0.129 e. The molecule has 23 heavy (non-hydrogen) atoms. The highest BCUT2D eigenvalue weighted by molar-refractivity contribution is 7.84. The van der Waals surface area contributed by atoms with E-state index in [1.807, 2.05) is 12.3 Å². The Labute approximate surface area is 145 Å². The lowest BCUT2D eigenvalue weighted by Gasteiger charge is -2.48. The third kappa shape index (κ3) is 3.11. The summed E-state index contributed by atoms with van der Waals surface area (Å²) >= 11 is 6.13. The van der Waals surface area contributed by atoms with Gasteiger partial charge in [0.2, 0.25) is 0 Å². The summed E-state index contributed by atoms with van der Waals surface area (Å²) in [7, 11) is -0.733. The minimum absolute atomic E-state index is 0.405. The Morgan fingerprint density at radius 2 is 2.13 bits per heavy atom. The Hall–Kier alpha value is -1.13. The van der Waals surface area contributed by atoms with E-state index in [2.05, 4.69) is 42.8 Å². The molecule has 5 heteroatoms. The molecule has 0 spiro atoms. The van der Waals surface area contributed by atoms with E-state index in [0.717, 1.165) is 17.7 Å². The molecule has 1 aliphatic rings. The van der Waals surface area contributed by atoms with Gasteiger partial charge in [-0.25, -0.2) is 4.98 Å². The Balaban J connectivity index is 2.00. The van der Waals surface area contributed by atoms with Crippen LogP contribution in [-0.4, -0.2) is 33.8 Å². The number of halogens is 1. The quantitative estimate of drug-likeness (QED) is 0.774. The van der Waals surface area contributed by atoms with Gasteiger partial charge in [-0.15, -0.1) is 0 Å². The average Bonchev–Trinajstić information content (AvgIpc) is 2.49. The molecule has 0 aliphatic carbocycles. The Morgan fingerprint density at radius 1 is 1.39 bits per heavy atom. The van der Waals surface area contributed by atoms with Crippen LogP contribution in [-0.2, 0) is 10.8 Å². The van der Waals surface area contributed by atoms with Crippen LogP contribution in [0.3, 0.4) is 0 Å². The van der Waals surface area contributed by atoms with E-state index in [4.69, 9.17) is 11.6 Å². The number of benzene rings is 1. The molecule has 2 heterocycles. The van der Waals surface area contributed by atoms with Gasteiger partial charge < -0.3 is 4.90 Å². The number of nitrogens with zero attached hydrogens (tertiary/aromatic N) is 2. The van der Waals surface area contributed by atoms with E-state index in [1.165, 1.54) is 16.6 Å². The van der Waals surface area contributed by atoms with Crippen molar-refractivity contribution in [3.63, 3.8) is 0 Å². The van der Waals surface area contributed by atoms with E-state index in [1.54, 1.807) is 6.26 Å². The molecule has 1 fully saturated rings. The minimum atomic E-state index is -0.733. The van der Waals surface area contributed by atoms with Crippen molar-refractivity contribution in [2.24, 2.45) is 5.92 Å². The van der Waals surface area contributed by atoms with Crippen LogP contribution in [0.15, 0.2) is 24.4 Å². The summed E-state index contributed by atoms with van der Waals surface area (Å²) in [5, 5.41) is 2.88. The van der Waals surface area contributed by atoms with Crippen molar-refractivity contribution in [2.75, 3.05) is 23.5 Å². The van der Waals surface area contributed by atoms with Crippen LogP contribution < -0.4 is 4.90 Å². The second-order valence-corrected chi connectivity index (χ2v) is 8.64. The molecular weight excluding hydrogens is 328 g/mol. The largest absolute Gasteiger partial charge is 0.368 e. The molecule has 3 nitrogen and oxygen atoms in total. The molecule has 1 aliphatic heterocycles. The molecular formula is C18H23ClN2OS. The topological polar surface area (TPSA) is 33.2 Å². The van der Waals surface area contributed by atoms with Gasteiger partial charge in [0.05, 0.1) is 0 Å². The van der Waals surface area contributed by atoms with Gasteiger partial charge in [-0.1, -0.05) is 31.5 Å². The van der Waals surface area contributed by atoms with Crippen LogP contribution in [0.25, 0.3) is 10.8 Å². The Kier molecular flexibility index (Phi) is 4.65. The summed E-state index contributed by atoms with van der Waals surface area (Å²) in [4.78, 5) is 6.68. The summed E-state index contributed by atoms with van der Waals surface area (Å²) < 4.78 is 11.5. The molecule has 0 amide bonds. The highest BCUT2D eigenvalue weighted by atomic mass is 35.5. The summed E-state index contributed by atoms with van der Waals surface area (Å²) in [5.74, 6) is 1.72. The first-order chi connectivity index (χ1) is 10.9. The fourth-order valence-electron chi connectivity index (χ4n) is 3.47. The Morgan fingerprint density at radius 3 is 2.74 bits per heavy atom. The molecule has 2 aromatic rings. The molecule has 0 saturated carbocycles. The molecule has 1 aromatic heterocycles. The van der Waals surface area contributed by atoms with Crippen molar-refractivity contribution in [3.05, 3.63) is 35.1 Å². The van der Waals surface area contributed by atoms with Crippen LogP contribution in [0.1, 0.15) is 32.3 Å². The zero-order chi connectivity index (χ0) is 16.7. The summed E-state index contributed by atoms with van der Waals surface area (Å²) in [5.41, 5.74) is 2.51. The van der Waals surface area contributed by atoms with Gasteiger partial charge in [0.15, 0.2) is 0 Å². The van der Waals surface area contributed by atoms with Crippen molar-refractivity contribution in [2.45, 2.75) is 32.7 Å². The Bertz CT molecular complexity index is 762. The number of hydrogen-bond acceptors (Lipinski definition) is 3. The van der Waals surface area contributed by atoms with Crippen LogP contribution in [0.2, 0.25) is 5.15 Å². The first-order valence-corrected chi connectivity index (χ1v) is 10.1. The zero-order valence-corrected chi connectivity index (χ0v) is 15.6. The van der Waals surface area contributed by atoms with Crippen molar-refractivity contribution >= 4 is 38.9 Å². The first kappa shape index (κ1) is 16.7. The zero-order valence-electron chi connectivity index (χ0n) is 14.0. The number of fused-ring (bicyclic) bond motifs is 1. The van der Waals surface area contributed by atoms with Crippen molar-refractivity contribution in [1.82, 2.24) is 4.98 Å². The summed E-state index contributed by atoms with van der Waals surface area (Å²) in [6, 6.07) is 6.78. The molecule has 0 N–H and O–H groups in total. The van der Waals surface area contributed by atoms with E-state index in [-0.39, 0.29) is 0 Å². The maximum atomic E-state index is 11.5. The lowest BCUT2D eigenvalue weighted by atomic mass is 9.89. The standard InChI is InChI=1S/C18H23ClN2OS/c1-11(2)14-5-6-17(16-8-20-18(19)7-15(14)16)21-9-13(12(21)3)10-23(4)22/h5-8,11-13H,9-10H2,1-4H3/t12-,13-,23?/m1/s1. The second-order valence-electron chi connectivity index (χ2n) is 6.77. The third-order valence-corrected chi connectivity index (χ3v) is 5.97. The van der Waals surface area contributed by atoms with Gasteiger partial charge in [0.25, 0.3) is 0 Å². The molecule has 1 saturated heterocycles. The first-order valence-electron chi connectivity index (χ1n) is 8.03. The highest BCUT2D eigenvalue weighted by Gasteiger charge is 2.36. The SMILES string of the molecule is CC(C)c1ccc(N2C[C@H](CS(C)=O)[C@H]2C)c2cnc(Cl)cc12. The predicted octanol–water partition coefficient (Wildman–Crippen LogP) is 4.21. The van der Waals surface area contributed by atoms with Crippen LogP contribution in [0.4, 0.5) is 5.69 Å². The molecule has 1 aromatic carbocycles. The number of pyridine rings is 1. The number of anilines is 1. The van der Waals surface area contributed by atoms with E-state index in [9.17, 15) is 4.21 Å². The van der Waals surface area contributed by atoms with Gasteiger partial charge in [-0.3, -0.25) is 4.21 Å². The minimum Gasteiger partial charge on any atom is -0.368 e. The van der Waals surface area contributed by atoms with Crippen molar-refractivity contribution < 1.29 is 4.21 Å². The number of aromatic nitrogens is 1. The van der Waals surface area contributed by atoms with Crippen LogP contribution >= 0.6 is 11.6 Å². The van der Waals surface area contributed by atoms with E-state index >= 15 is 0 Å². The molecule has 1 unspecified atom stereocenters. The normalized spacial score (nSPS) is 22.4. The van der Waals surface area contributed by atoms with Crippen LogP contribution in [0, 0.1) is 5.92 Å². The van der Waals surface area contributed by atoms with Gasteiger partial charge in [0, 0.05) is 58.6 Å². The third-order valence-electron chi connectivity index (χ3n) is 4.86.